The van der Waals surface area contributed by atoms with Crippen LogP contribution in [0.1, 0.15) is 23.1 Å². The minimum atomic E-state index is -0.0631. The summed E-state index contributed by atoms with van der Waals surface area (Å²) < 4.78 is 13.7. The molecule has 0 spiro atoms. The Morgan fingerprint density at radius 2 is 2.04 bits per heavy atom. The van der Waals surface area contributed by atoms with Crippen molar-refractivity contribution in [3.63, 3.8) is 0 Å². The van der Waals surface area contributed by atoms with Crippen molar-refractivity contribution in [1.82, 2.24) is 9.88 Å². The van der Waals surface area contributed by atoms with Gasteiger partial charge in [-0.15, -0.1) is 12.4 Å². The summed E-state index contributed by atoms with van der Waals surface area (Å²) in [6.07, 6.45) is 2.07. The van der Waals surface area contributed by atoms with Gasteiger partial charge in [-0.05, 0) is 48.5 Å². The molecule has 5 rings (SSSR count). The van der Waals surface area contributed by atoms with Crippen molar-refractivity contribution in [2.24, 2.45) is 0 Å². The first kappa shape index (κ1) is 18.0. The van der Waals surface area contributed by atoms with Crippen LogP contribution in [0.15, 0.2) is 65.2 Å². The van der Waals surface area contributed by atoms with Gasteiger partial charge in [0, 0.05) is 34.4 Å². The molecule has 1 unspecified atom stereocenters. The van der Waals surface area contributed by atoms with Crippen LogP contribution in [0, 0.1) is 0 Å². The predicted octanol–water partition coefficient (Wildman–Crippen LogP) is 5.50. The first-order valence-corrected chi connectivity index (χ1v) is 8.88. The topological polar surface area (TPSA) is 39.3 Å². The summed E-state index contributed by atoms with van der Waals surface area (Å²) in [6.45, 7) is 0.668. The number of hydrogen-bond acceptors (Lipinski definition) is 3. The molecular weight excluding hydrogens is 383 g/mol. The third-order valence-corrected chi connectivity index (χ3v) is 5.29. The number of nitrogens with zero attached hydrogens (tertiary/aromatic N) is 1. The summed E-state index contributed by atoms with van der Waals surface area (Å²) >= 11 is 6.45. The van der Waals surface area contributed by atoms with E-state index in [0.29, 0.717) is 6.54 Å². The quantitative estimate of drug-likeness (QED) is 0.482. The van der Waals surface area contributed by atoms with Gasteiger partial charge in [-0.3, -0.25) is 5.32 Å². The standard InChI is InChI=1S/C21H17ClN2O2.ClH/c1-25-14-7-8-19-13(10-14)11-20(26-19)21-18-6-3-9-24(18)17-5-2-4-16(22)15(17)12-23-21;/h2-11,21,23H,12H2,1H3;1H. The van der Waals surface area contributed by atoms with Crippen molar-refractivity contribution in [3.05, 3.63) is 82.8 Å². The van der Waals surface area contributed by atoms with Gasteiger partial charge in [0.2, 0.25) is 0 Å². The molecule has 138 valence electrons. The fraction of sp³-hybridized carbons (Fsp3) is 0.143. The molecule has 4 aromatic rings. The first-order valence-electron chi connectivity index (χ1n) is 8.50. The summed E-state index contributed by atoms with van der Waals surface area (Å²) in [5, 5.41) is 5.39. The van der Waals surface area contributed by atoms with Gasteiger partial charge in [-0.25, -0.2) is 0 Å². The highest BCUT2D eigenvalue weighted by Gasteiger charge is 2.26. The van der Waals surface area contributed by atoms with Crippen LogP contribution in [0.4, 0.5) is 0 Å². The fourth-order valence-corrected chi connectivity index (χ4v) is 3.90. The van der Waals surface area contributed by atoms with Gasteiger partial charge in [0.1, 0.15) is 23.1 Å². The lowest BCUT2D eigenvalue weighted by molar-refractivity contribution is 0.415. The summed E-state index contributed by atoms with van der Waals surface area (Å²) in [7, 11) is 1.67. The molecule has 1 atom stereocenters. The Balaban J connectivity index is 0.00000180. The summed E-state index contributed by atoms with van der Waals surface area (Å²) in [5.41, 5.74) is 4.16. The molecule has 0 saturated carbocycles. The molecule has 27 heavy (non-hydrogen) atoms. The van der Waals surface area contributed by atoms with Gasteiger partial charge >= 0.3 is 0 Å². The number of aromatic nitrogens is 1. The molecule has 1 aliphatic rings. The molecular formula is C21H18Cl2N2O2. The van der Waals surface area contributed by atoms with Crippen LogP contribution in [0.2, 0.25) is 5.02 Å². The molecule has 0 saturated heterocycles. The van der Waals surface area contributed by atoms with E-state index in [1.165, 1.54) is 0 Å². The number of halogens is 2. The smallest absolute Gasteiger partial charge is 0.134 e. The van der Waals surface area contributed by atoms with Crippen LogP contribution >= 0.6 is 24.0 Å². The fourth-order valence-electron chi connectivity index (χ4n) is 3.66. The third kappa shape index (κ3) is 2.90. The molecule has 0 radical (unpaired) electrons. The lowest BCUT2D eigenvalue weighted by Crippen LogP contribution is -2.20. The second-order valence-electron chi connectivity index (χ2n) is 6.41. The highest BCUT2D eigenvalue weighted by atomic mass is 35.5. The van der Waals surface area contributed by atoms with E-state index in [0.717, 1.165) is 44.4 Å². The molecule has 1 N–H and O–H groups in total. The van der Waals surface area contributed by atoms with Gasteiger partial charge in [-0.2, -0.15) is 0 Å². The van der Waals surface area contributed by atoms with E-state index < -0.39 is 0 Å². The Morgan fingerprint density at radius 3 is 2.89 bits per heavy atom. The molecule has 6 heteroatoms. The minimum absolute atomic E-state index is 0. The normalized spacial score (nSPS) is 15.6. The maximum Gasteiger partial charge on any atom is 0.134 e. The number of benzene rings is 2. The average molecular weight is 401 g/mol. The van der Waals surface area contributed by atoms with E-state index in [-0.39, 0.29) is 18.4 Å². The van der Waals surface area contributed by atoms with Crippen molar-refractivity contribution in [3.8, 4) is 11.4 Å². The first-order chi connectivity index (χ1) is 12.7. The lowest BCUT2D eigenvalue weighted by Gasteiger charge is -2.14. The molecule has 4 nitrogen and oxygen atoms in total. The number of methoxy groups -OCH3 is 1. The van der Waals surface area contributed by atoms with Crippen molar-refractivity contribution in [2.45, 2.75) is 12.6 Å². The highest BCUT2D eigenvalue weighted by molar-refractivity contribution is 6.31. The Morgan fingerprint density at radius 1 is 1.15 bits per heavy atom. The van der Waals surface area contributed by atoms with Gasteiger partial charge in [0.15, 0.2) is 0 Å². The van der Waals surface area contributed by atoms with Gasteiger partial charge < -0.3 is 13.7 Å². The predicted molar refractivity (Wildman–Crippen MR) is 109 cm³/mol. The molecule has 0 amide bonds. The van der Waals surface area contributed by atoms with Crippen LogP contribution in [0.5, 0.6) is 5.75 Å². The van der Waals surface area contributed by atoms with Crippen molar-refractivity contribution < 1.29 is 9.15 Å². The van der Waals surface area contributed by atoms with E-state index in [4.69, 9.17) is 20.8 Å². The largest absolute Gasteiger partial charge is 0.497 e. The van der Waals surface area contributed by atoms with Crippen LogP contribution < -0.4 is 10.1 Å². The minimum Gasteiger partial charge on any atom is -0.497 e. The van der Waals surface area contributed by atoms with E-state index in [1.807, 2.05) is 36.4 Å². The molecule has 1 aliphatic heterocycles. The number of fused-ring (bicyclic) bond motifs is 4. The highest BCUT2D eigenvalue weighted by Crippen LogP contribution is 2.35. The maximum absolute atomic E-state index is 6.45. The van der Waals surface area contributed by atoms with Gasteiger partial charge in [0.25, 0.3) is 0 Å². The molecule has 0 fully saturated rings. The van der Waals surface area contributed by atoms with Gasteiger partial charge in [-0.1, -0.05) is 17.7 Å². The van der Waals surface area contributed by atoms with E-state index >= 15 is 0 Å². The molecule has 2 aromatic carbocycles. The van der Waals surface area contributed by atoms with Crippen LogP contribution in [-0.2, 0) is 6.54 Å². The summed E-state index contributed by atoms with van der Waals surface area (Å²) in [6, 6.07) is 18.0. The Hall–Kier alpha value is -2.40. The monoisotopic (exact) mass is 400 g/mol. The van der Waals surface area contributed by atoms with E-state index in [2.05, 4.69) is 34.3 Å². The van der Waals surface area contributed by atoms with E-state index in [1.54, 1.807) is 7.11 Å². The number of nitrogens with one attached hydrogen (secondary N) is 1. The molecule has 0 bridgehead atoms. The number of rotatable bonds is 2. The molecule has 0 aliphatic carbocycles. The summed E-state index contributed by atoms with van der Waals surface area (Å²) in [4.78, 5) is 0. The Labute approximate surface area is 168 Å². The second kappa shape index (κ2) is 6.97. The maximum atomic E-state index is 6.45. The van der Waals surface area contributed by atoms with Gasteiger partial charge in [0.05, 0.1) is 12.8 Å². The zero-order valence-electron chi connectivity index (χ0n) is 14.6. The van der Waals surface area contributed by atoms with Crippen molar-refractivity contribution in [1.29, 1.82) is 0 Å². The molecule has 2 aromatic heterocycles. The van der Waals surface area contributed by atoms with Crippen LogP contribution in [-0.4, -0.2) is 11.7 Å². The lowest BCUT2D eigenvalue weighted by atomic mass is 10.1. The second-order valence-corrected chi connectivity index (χ2v) is 6.81. The number of hydrogen-bond donors (Lipinski definition) is 1. The summed E-state index contributed by atoms with van der Waals surface area (Å²) in [5.74, 6) is 1.69. The van der Waals surface area contributed by atoms with Crippen LogP contribution in [0.3, 0.4) is 0 Å². The SMILES string of the molecule is COc1ccc2oc(C3NCc4c(Cl)cccc4-n4cccc43)cc2c1.Cl. The Kier molecular flexibility index (Phi) is 4.64. The average Bonchev–Trinajstić information content (AvgIpc) is 3.26. The van der Waals surface area contributed by atoms with Crippen molar-refractivity contribution in [2.75, 3.05) is 7.11 Å². The number of furan rings is 1. The van der Waals surface area contributed by atoms with Crippen LogP contribution in [0.25, 0.3) is 16.7 Å². The third-order valence-electron chi connectivity index (χ3n) is 4.94. The van der Waals surface area contributed by atoms with E-state index in [9.17, 15) is 0 Å². The van der Waals surface area contributed by atoms with Crippen molar-refractivity contribution >= 4 is 35.0 Å². The number of ether oxygens (including phenoxy) is 1. The Bertz CT molecular complexity index is 1120. The molecule has 3 heterocycles. The zero-order valence-corrected chi connectivity index (χ0v) is 16.2. The zero-order chi connectivity index (χ0) is 17.7.